The molecule has 0 saturated heterocycles. The van der Waals surface area contributed by atoms with Gasteiger partial charge in [0.2, 0.25) is 11.8 Å². The number of hydrogen-bond donors (Lipinski definition) is 4. The second-order valence-corrected chi connectivity index (χ2v) is 4.68. The Labute approximate surface area is 107 Å². The van der Waals surface area contributed by atoms with Gasteiger partial charge < -0.3 is 22.1 Å². The van der Waals surface area contributed by atoms with E-state index in [1.165, 1.54) is 13.8 Å². The number of primary amides is 2. The van der Waals surface area contributed by atoms with Crippen molar-refractivity contribution in [2.75, 3.05) is 0 Å². The summed E-state index contributed by atoms with van der Waals surface area (Å²) in [5.41, 5.74) is 7.96. The number of carbonyl (C=O) groups is 3. The average Bonchev–Trinajstić information content (AvgIpc) is 2.27. The standard InChI is InChI=1S/C11H22N4O3/c1-5-10(3,7(12)16)14-8(17)11(4,6-2)15-9(13)18/h5-6H2,1-4H3,(H2,12,16)(H,14,17)(H3,13,15,18). The maximum absolute atomic E-state index is 12.1. The van der Waals surface area contributed by atoms with Crippen molar-refractivity contribution in [1.82, 2.24) is 10.6 Å². The smallest absolute Gasteiger partial charge is 0.313 e. The lowest BCUT2D eigenvalue weighted by Gasteiger charge is -2.33. The predicted molar refractivity (Wildman–Crippen MR) is 67.4 cm³/mol. The number of hydrogen-bond acceptors (Lipinski definition) is 3. The Morgan fingerprint density at radius 1 is 0.944 bits per heavy atom. The Morgan fingerprint density at radius 3 is 1.67 bits per heavy atom. The van der Waals surface area contributed by atoms with Gasteiger partial charge in [-0.15, -0.1) is 0 Å². The molecule has 0 heterocycles. The molecule has 2 unspecified atom stereocenters. The monoisotopic (exact) mass is 258 g/mol. The first kappa shape index (κ1) is 16.2. The molecular weight excluding hydrogens is 236 g/mol. The summed E-state index contributed by atoms with van der Waals surface area (Å²) in [7, 11) is 0. The van der Waals surface area contributed by atoms with E-state index in [9.17, 15) is 14.4 Å². The molecule has 0 radical (unpaired) electrons. The first-order valence-electron chi connectivity index (χ1n) is 5.81. The van der Waals surface area contributed by atoms with Crippen molar-refractivity contribution < 1.29 is 14.4 Å². The summed E-state index contributed by atoms with van der Waals surface area (Å²) in [6.45, 7) is 6.52. The van der Waals surface area contributed by atoms with Crippen molar-refractivity contribution in [3.05, 3.63) is 0 Å². The number of nitrogens with one attached hydrogen (secondary N) is 2. The molecule has 0 bridgehead atoms. The zero-order chi connectivity index (χ0) is 14.6. The summed E-state index contributed by atoms with van der Waals surface area (Å²) in [5.74, 6) is -1.12. The van der Waals surface area contributed by atoms with Gasteiger partial charge in [0, 0.05) is 0 Å². The number of rotatable bonds is 6. The van der Waals surface area contributed by atoms with Crippen LogP contribution in [-0.2, 0) is 9.59 Å². The molecule has 0 spiro atoms. The quantitative estimate of drug-likeness (QED) is 0.517. The molecule has 0 aromatic carbocycles. The van der Waals surface area contributed by atoms with Gasteiger partial charge in [-0.1, -0.05) is 13.8 Å². The van der Waals surface area contributed by atoms with Crippen LogP contribution in [0.1, 0.15) is 40.5 Å². The summed E-state index contributed by atoms with van der Waals surface area (Å²) in [4.78, 5) is 34.3. The van der Waals surface area contributed by atoms with Gasteiger partial charge in [0.1, 0.15) is 11.1 Å². The van der Waals surface area contributed by atoms with Gasteiger partial charge in [-0.25, -0.2) is 4.79 Å². The molecule has 4 amide bonds. The summed E-state index contributed by atoms with van der Waals surface area (Å²) >= 11 is 0. The highest BCUT2D eigenvalue weighted by atomic mass is 16.2. The van der Waals surface area contributed by atoms with E-state index < -0.39 is 28.9 Å². The average molecular weight is 258 g/mol. The van der Waals surface area contributed by atoms with E-state index in [1.807, 2.05) is 0 Å². The van der Waals surface area contributed by atoms with Gasteiger partial charge in [0.15, 0.2) is 0 Å². The van der Waals surface area contributed by atoms with E-state index >= 15 is 0 Å². The van der Waals surface area contributed by atoms with E-state index in [-0.39, 0.29) is 0 Å². The second-order valence-electron chi connectivity index (χ2n) is 4.68. The van der Waals surface area contributed by atoms with Crippen LogP contribution in [-0.4, -0.2) is 28.9 Å². The normalized spacial score (nSPS) is 17.1. The van der Waals surface area contributed by atoms with Crippen LogP contribution >= 0.6 is 0 Å². The Kier molecular flexibility index (Phi) is 5.13. The molecule has 6 N–H and O–H groups in total. The molecule has 0 saturated carbocycles. The third-order valence-corrected chi connectivity index (χ3v) is 3.25. The van der Waals surface area contributed by atoms with Crippen molar-refractivity contribution in [3.63, 3.8) is 0 Å². The predicted octanol–water partition coefficient (Wildman–Crippen LogP) is -0.406. The van der Waals surface area contributed by atoms with Crippen LogP contribution in [0.2, 0.25) is 0 Å². The molecule has 18 heavy (non-hydrogen) atoms. The Balaban J connectivity index is 5.03. The zero-order valence-electron chi connectivity index (χ0n) is 11.3. The molecule has 104 valence electrons. The fourth-order valence-corrected chi connectivity index (χ4v) is 1.29. The Morgan fingerprint density at radius 2 is 1.39 bits per heavy atom. The third-order valence-electron chi connectivity index (χ3n) is 3.25. The largest absolute Gasteiger partial charge is 0.368 e. The molecule has 7 nitrogen and oxygen atoms in total. The minimum atomic E-state index is -1.17. The Bertz CT molecular complexity index is 358. The van der Waals surface area contributed by atoms with E-state index in [1.54, 1.807) is 13.8 Å². The maximum atomic E-state index is 12.1. The lowest BCUT2D eigenvalue weighted by atomic mass is 9.92. The van der Waals surface area contributed by atoms with Gasteiger partial charge in [-0.2, -0.15) is 0 Å². The topological polar surface area (TPSA) is 127 Å². The van der Waals surface area contributed by atoms with Gasteiger partial charge in [-0.05, 0) is 26.7 Å². The maximum Gasteiger partial charge on any atom is 0.313 e. The van der Waals surface area contributed by atoms with Gasteiger partial charge in [0.25, 0.3) is 0 Å². The number of carbonyl (C=O) groups excluding carboxylic acids is 3. The van der Waals surface area contributed by atoms with Crippen LogP contribution in [0.25, 0.3) is 0 Å². The molecule has 0 rings (SSSR count). The summed E-state index contributed by atoms with van der Waals surface area (Å²) in [5, 5.41) is 4.92. The molecule has 0 aliphatic rings. The summed E-state index contributed by atoms with van der Waals surface area (Å²) < 4.78 is 0. The van der Waals surface area contributed by atoms with Crippen molar-refractivity contribution >= 4 is 17.8 Å². The highest BCUT2D eigenvalue weighted by molar-refractivity contribution is 5.95. The zero-order valence-corrected chi connectivity index (χ0v) is 11.3. The van der Waals surface area contributed by atoms with Gasteiger partial charge in [-0.3, -0.25) is 9.59 Å². The van der Waals surface area contributed by atoms with E-state index in [4.69, 9.17) is 11.5 Å². The number of urea groups is 1. The molecule has 0 aliphatic carbocycles. The van der Waals surface area contributed by atoms with Crippen molar-refractivity contribution in [2.45, 2.75) is 51.6 Å². The van der Waals surface area contributed by atoms with Crippen molar-refractivity contribution in [3.8, 4) is 0 Å². The van der Waals surface area contributed by atoms with Crippen LogP contribution in [0.5, 0.6) is 0 Å². The van der Waals surface area contributed by atoms with E-state index in [0.717, 1.165) is 0 Å². The van der Waals surface area contributed by atoms with Crippen LogP contribution in [0.15, 0.2) is 0 Å². The molecule has 0 aromatic rings. The van der Waals surface area contributed by atoms with Crippen LogP contribution in [0, 0.1) is 0 Å². The van der Waals surface area contributed by atoms with E-state index in [0.29, 0.717) is 12.8 Å². The van der Waals surface area contributed by atoms with Crippen LogP contribution in [0.4, 0.5) is 4.79 Å². The lowest BCUT2D eigenvalue weighted by Crippen LogP contribution is -2.64. The molecule has 0 fully saturated rings. The van der Waals surface area contributed by atoms with Crippen LogP contribution < -0.4 is 22.1 Å². The minimum absolute atomic E-state index is 0.334. The van der Waals surface area contributed by atoms with Gasteiger partial charge >= 0.3 is 6.03 Å². The molecule has 0 aliphatic heterocycles. The fraction of sp³-hybridized carbons (Fsp3) is 0.727. The molecule has 7 heteroatoms. The van der Waals surface area contributed by atoms with E-state index in [2.05, 4.69) is 10.6 Å². The lowest BCUT2D eigenvalue weighted by molar-refractivity contribution is -0.134. The highest BCUT2D eigenvalue weighted by Crippen LogP contribution is 2.14. The van der Waals surface area contributed by atoms with Crippen molar-refractivity contribution in [2.24, 2.45) is 11.5 Å². The molecular formula is C11H22N4O3. The number of nitrogens with two attached hydrogens (primary N) is 2. The minimum Gasteiger partial charge on any atom is -0.368 e. The first-order valence-corrected chi connectivity index (χ1v) is 5.81. The van der Waals surface area contributed by atoms with Gasteiger partial charge in [0.05, 0.1) is 0 Å². The summed E-state index contributed by atoms with van der Waals surface area (Å²) in [6, 6.07) is -0.799. The third kappa shape index (κ3) is 3.61. The Hall–Kier alpha value is -1.79. The van der Waals surface area contributed by atoms with Crippen molar-refractivity contribution in [1.29, 1.82) is 0 Å². The SMILES string of the molecule is CCC(C)(NC(=O)C(C)(CC)NC(N)=O)C(N)=O. The second kappa shape index (κ2) is 5.70. The first-order chi connectivity index (χ1) is 8.11. The number of amides is 4. The molecule has 2 atom stereocenters. The highest BCUT2D eigenvalue weighted by Gasteiger charge is 2.39. The van der Waals surface area contributed by atoms with Crippen LogP contribution in [0.3, 0.4) is 0 Å². The summed E-state index contributed by atoms with van der Waals surface area (Å²) in [6.07, 6.45) is 0.685. The fourth-order valence-electron chi connectivity index (χ4n) is 1.29. The molecule has 0 aromatic heterocycles.